The number of nitrogen functional groups attached to an aromatic ring is 1. The predicted octanol–water partition coefficient (Wildman–Crippen LogP) is 3.61. The highest BCUT2D eigenvalue weighted by molar-refractivity contribution is 7.98. The molecule has 1 heterocycles. The number of rotatable bonds is 5. The summed E-state index contributed by atoms with van der Waals surface area (Å²) in [5.41, 5.74) is 1.95. The number of nitrogens with two attached hydrogens (primary N) is 1. The monoisotopic (exact) mass is 346 g/mol. The van der Waals surface area contributed by atoms with Gasteiger partial charge in [-0.05, 0) is 29.8 Å². The molecule has 0 radical (unpaired) electrons. The highest BCUT2D eigenvalue weighted by Crippen LogP contribution is 2.30. The van der Waals surface area contributed by atoms with Crippen LogP contribution in [-0.2, 0) is 5.75 Å². The van der Waals surface area contributed by atoms with Gasteiger partial charge < -0.3 is 10.6 Å². The van der Waals surface area contributed by atoms with Gasteiger partial charge in [0.15, 0.2) is 5.82 Å². The first kappa shape index (κ1) is 15.7. The second kappa shape index (κ2) is 6.93. The van der Waals surface area contributed by atoms with Gasteiger partial charge in [-0.2, -0.15) is 0 Å². The summed E-state index contributed by atoms with van der Waals surface area (Å²) in [6, 6.07) is 15.3. The van der Waals surface area contributed by atoms with Crippen molar-refractivity contribution >= 4 is 23.4 Å². The Morgan fingerprint density at radius 1 is 1.13 bits per heavy atom. The molecule has 0 amide bonds. The van der Waals surface area contributed by atoms with Gasteiger partial charge in [-0.1, -0.05) is 47.6 Å². The van der Waals surface area contributed by atoms with Gasteiger partial charge in [0.2, 0.25) is 5.16 Å². The van der Waals surface area contributed by atoms with Crippen LogP contribution in [0.5, 0.6) is 5.75 Å². The van der Waals surface area contributed by atoms with Crippen LogP contribution in [0.25, 0.3) is 11.4 Å². The van der Waals surface area contributed by atoms with Gasteiger partial charge in [-0.3, -0.25) is 0 Å². The van der Waals surface area contributed by atoms with Crippen molar-refractivity contribution in [3.8, 4) is 17.1 Å². The number of halogens is 1. The first-order chi connectivity index (χ1) is 11.2. The maximum atomic E-state index is 6.14. The topological polar surface area (TPSA) is 66.0 Å². The number of hydrogen-bond acceptors (Lipinski definition) is 5. The van der Waals surface area contributed by atoms with Crippen molar-refractivity contribution in [2.75, 3.05) is 13.0 Å². The molecule has 23 heavy (non-hydrogen) atoms. The molecule has 2 aromatic carbocycles. The number of aromatic nitrogens is 3. The average Bonchev–Trinajstić information content (AvgIpc) is 2.95. The summed E-state index contributed by atoms with van der Waals surface area (Å²) < 4.78 is 6.83. The van der Waals surface area contributed by atoms with Crippen molar-refractivity contribution in [3.05, 3.63) is 59.1 Å². The third kappa shape index (κ3) is 3.43. The lowest BCUT2D eigenvalue weighted by Gasteiger charge is -2.07. The molecule has 0 saturated carbocycles. The maximum absolute atomic E-state index is 6.14. The number of benzene rings is 2. The molecule has 0 aliphatic rings. The van der Waals surface area contributed by atoms with Gasteiger partial charge in [0.1, 0.15) is 5.75 Å². The minimum absolute atomic E-state index is 0.570. The highest BCUT2D eigenvalue weighted by atomic mass is 35.5. The van der Waals surface area contributed by atoms with Crippen LogP contribution in [0.4, 0.5) is 0 Å². The Hall–Kier alpha value is -2.18. The van der Waals surface area contributed by atoms with Crippen molar-refractivity contribution < 1.29 is 4.74 Å². The molecule has 1 aromatic heterocycles. The molecule has 5 nitrogen and oxygen atoms in total. The van der Waals surface area contributed by atoms with E-state index < -0.39 is 0 Å². The van der Waals surface area contributed by atoms with E-state index in [-0.39, 0.29) is 0 Å². The van der Waals surface area contributed by atoms with E-state index in [0.717, 1.165) is 21.9 Å². The molecule has 2 N–H and O–H groups in total. The predicted molar refractivity (Wildman–Crippen MR) is 93.2 cm³/mol. The SMILES string of the molecule is COc1ccccc1-c1nnc(SCc2ccc(Cl)cc2)n1N. The van der Waals surface area contributed by atoms with E-state index >= 15 is 0 Å². The van der Waals surface area contributed by atoms with Gasteiger partial charge in [-0.25, -0.2) is 4.68 Å². The van der Waals surface area contributed by atoms with Crippen molar-refractivity contribution in [1.29, 1.82) is 0 Å². The van der Waals surface area contributed by atoms with Crippen molar-refractivity contribution in [2.24, 2.45) is 0 Å². The number of methoxy groups -OCH3 is 1. The van der Waals surface area contributed by atoms with Crippen molar-refractivity contribution in [2.45, 2.75) is 10.9 Å². The Balaban J connectivity index is 1.80. The molecular weight excluding hydrogens is 332 g/mol. The summed E-state index contributed by atoms with van der Waals surface area (Å²) in [4.78, 5) is 0. The van der Waals surface area contributed by atoms with E-state index in [1.807, 2.05) is 48.5 Å². The minimum atomic E-state index is 0.570. The van der Waals surface area contributed by atoms with Crippen LogP contribution in [0.2, 0.25) is 5.02 Å². The number of thioether (sulfide) groups is 1. The van der Waals surface area contributed by atoms with Crippen molar-refractivity contribution in [1.82, 2.24) is 14.9 Å². The van der Waals surface area contributed by atoms with E-state index in [2.05, 4.69) is 10.2 Å². The standard InChI is InChI=1S/C16H15ClN4OS/c1-22-14-5-3-2-4-13(14)15-19-20-16(21(15)18)23-10-11-6-8-12(17)9-7-11/h2-9H,10,18H2,1H3. The Bertz CT molecular complexity index is 804. The Morgan fingerprint density at radius 2 is 1.87 bits per heavy atom. The summed E-state index contributed by atoms with van der Waals surface area (Å²) in [6.45, 7) is 0. The normalized spacial score (nSPS) is 10.7. The molecule has 3 aromatic rings. The molecule has 118 valence electrons. The van der Waals surface area contributed by atoms with E-state index in [0.29, 0.717) is 16.7 Å². The Labute approximate surface area is 143 Å². The molecule has 0 fully saturated rings. The largest absolute Gasteiger partial charge is 0.496 e. The molecule has 0 aliphatic heterocycles. The van der Waals surface area contributed by atoms with E-state index in [1.54, 1.807) is 7.11 Å². The summed E-state index contributed by atoms with van der Waals surface area (Å²) in [6.07, 6.45) is 0. The van der Waals surface area contributed by atoms with Crippen molar-refractivity contribution in [3.63, 3.8) is 0 Å². The zero-order valence-electron chi connectivity index (χ0n) is 12.4. The first-order valence-electron chi connectivity index (χ1n) is 6.90. The fourth-order valence-corrected chi connectivity index (χ4v) is 3.06. The third-order valence-corrected chi connectivity index (χ3v) is 4.56. The van der Waals surface area contributed by atoms with Gasteiger partial charge in [-0.15, -0.1) is 10.2 Å². The lowest BCUT2D eigenvalue weighted by Crippen LogP contribution is -2.11. The number of para-hydroxylation sites is 1. The van der Waals surface area contributed by atoms with Crippen LogP contribution in [0.15, 0.2) is 53.7 Å². The average molecular weight is 347 g/mol. The van der Waals surface area contributed by atoms with Crippen LogP contribution in [0.3, 0.4) is 0 Å². The van der Waals surface area contributed by atoms with Gasteiger partial charge in [0.25, 0.3) is 0 Å². The fraction of sp³-hybridized carbons (Fsp3) is 0.125. The van der Waals surface area contributed by atoms with Gasteiger partial charge in [0.05, 0.1) is 12.7 Å². The molecule has 0 aliphatic carbocycles. The smallest absolute Gasteiger partial charge is 0.210 e. The highest BCUT2D eigenvalue weighted by Gasteiger charge is 2.15. The number of nitrogens with zero attached hydrogens (tertiary/aromatic N) is 3. The second-order valence-corrected chi connectivity index (χ2v) is 6.17. The summed E-state index contributed by atoms with van der Waals surface area (Å²) >= 11 is 7.40. The lowest BCUT2D eigenvalue weighted by molar-refractivity contribution is 0.416. The maximum Gasteiger partial charge on any atom is 0.210 e. The Kier molecular flexibility index (Phi) is 4.73. The number of ether oxygens (including phenoxy) is 1. The molecule has 0 unspecified atom stereocenters. The molecule has 0 saturated heterocycles. The molecule has 0 spiro atoms. The second-order valence-electron chi connectivity index (χ2n) is 4.79. The van der Waals surface area contributed by atoms with Crippen LogP contribution >= 0.6 is 23.4 Å². The molecule has 0 atom stereocenters. The summed E-state index contributed by atoms with van der Waals surface area (Å²) in [5, 5.41) is 9.72. The molecular formula is C16H15ClN4OS. The van der Waals surface area contributed by atoms with Crippen LogP contribution in [-0.4, -0.2) is 22.0 Å². The van der Waals surface area contributed by atoms with E-state index in [4.69, 9.17) is 22.2 Å². The lowest BCUT2D eigenvalue weighted by atomic mass is 10.2. The minimum Gasteiger partial charge on any atom is -0.496 e. The third-order valence-electron chi connectivity index (χ3n) is 3.29. The quantitative estimate of drug-likeness (QED) is 0.564. The molecule has 7 heteroatoms. The summed E-state index contributed by atoms with van der Waals surface area (Å²) in [5.74, 6) is 8.16. The first-order valence-corrected chi connectivity index (χ1v) is 8.26. The zero-order valence-corrected chi connectivity index (χ0v) is 14.0. The van der Waals surface area contributed by atoms with E-state index in [1.165, 1.54) is 16.4 Å². The van der Waals surface area contributed by atoms with E-state index in [9.17, 15) is 0 Å². The molecule has 0 bridgehead atoms. The van der Waals surface area contributed by atoms with Gasteiger partial charge >= 0.3 is 0 Å². The van der Waals surface area contributed by atoms with Crippen LogP contribution in [0, 0.1) is 0 Å². The summed E-state index contributed by atoms with van der Waals surface area (Å²) in [7, 11) is 1.62. The van der Waals surface area contributed by atoms with Crippen LogP contribution in [0.1, 0.15) is 5.56 Å². The number of hydrogen-bond donors (Lipinski definition) is 1. The Morgan fingerprint density at radius 3 is 2.61 bits per heavy atom. The zero-order chi connectivity index (χ0) is 16.2. The molecule has 3 rings (SSSR count). The fourth-order valence-electron chi connectivity index (χ4n) is 2.12. The van der Waals surface area contributed by atoms with Crippen LogP contribution < -0.4 is 10.6 Å². The van der Waals surface area contributed by atoms with Gasteiger partial charge in [0, 0.05) is 10.8 Å².